The van der Waals surface area contributed by atoms with Gasteiger partial charge in [0, 0.05) is 29.1 Å². The fraction of sp³-hybridized carbons (Fsp3) is 0.625. The van der Waals surface area contributed by atoms with Crippen molar-refractivity contribution < 1.29 is 38.2 Å². The first-order chi connectivity index (χ1) is 26.6. The molecule has 9 rings (SSSR count). The molecule has 7 aliphatic rings. The summed E-state index contributed by atoms with van der Waals surface area (Å²) in [6, 6.07) is 8.97. The summed E-state index contributed by atoms with van der Waals surface area (Å²) in [7, 11) is 0. The van der Waals surface area contributed by atoms with E-state index in [-0.39, 0.29) is 40.3 Å². The average Bonchev–Trinajstić information content (AvgIpc) is 3.49. The molecule has 3 saturated carbocycles. The zero-order chi connectivity index (χ0) is 41.5. The van der Waals surface area contributed by atoms with Crippen LogP contribution in [0.3, 0.4) is 0 Å². The number of esters is 1. The fourth-order valence-corrected chi connectivity index (χ4v) is 14.4. The normalized spacial score (nSPS) is 42.1. The zero-order valence-corrected chi connectivity index (χ0v) is 35.4. The third kappa shape index (κ3) is 5.02. The van der Waals surface area contributed by atoms with E-state index in [1.54, 1.807) is 38.5 Å². The van der Waals surface area contributed by atoms with Crippen LogP contribution in [0.4, 0.5) is 0 Å². The molecule has 9 heteroatoms. The van der Waals surface area contributed by atoms with Crippen LogP contribution in [0.1, 0.15) is 142 Å². The highest BCUT2D eigenvalue weighted by Gasteiger charge is 2.89. The lowest BCUT2D eigenvalue weighted by Gasteiger charge is -2.64. The van der Waals surface area contributed by atoms with Gasteiger partial charge in [-0.05, 0) is 122 Å². The summed E-state index contributed by atoms with van der Waals surface area (Å²) in [6.45, 7) is 19.8. The van der Waals surface area contributed by atoms with E-state index >= 15 is 0 Å². The Hall–Kier alpha value is -3.98. The summed E-state index contributed by atoms with van der Waals surface area (Å²) in [6.07, 6.45) is 12.6. The van der Waals surface area contributed by atoms with Crippen molar-refractivity contribution >= 4 is 23.4 Å². The molecule has 9 nitrogen and oxygen atoms in total. The predicted molar refractivity (Wildman–Crippen MR) is 215 cm³/mol. The number of allylic oxidation sites excluding steroid dienone is 4. The SMILES string of the molecule is CC(=O)OC1CC2(C)C(c3ccoc3)CC3OC32C2(C)C(=O)C(O)=C3C(C)(C)C(=O)C=CC3(C)C12.CC(C)c1ccc2c(c1)CCC1C(C)(C(N)=O)CCCC21C. The number of benzene rings is 1. The number of carbonyl (C=O) groups is 4. The molecule has 1 aromatic heterocycles. The summed E-state index contributed by atoms with van der Waals surface area (Å²) < 4.78 is 17.9. The molecule has 1 spiro atoms. The number of aliphatic hydroxyl groups is 1. The summed E-state index contributed by atoms with van der Waals surface area (Å²) in [4.78, 5) is 51.8. The van der Waals surface area contributed by atoms with Crippen molar-refractivity contribution in [2.75, 3.05) is 0 Å². The Kier molecular flexibility index (Phi) is 8.74. The molecular weight excluding hydrogens is 719 g/mol. The number of nitrogens with two attached hydrogens (primary N) is 1. The summed E-state index contributed by atoms with van der Waals surface area (Å²) in [5, 5.41) is 11.5. The molecule has 1 saturated heterocycles. The van der Waals surface area contributed by atoms with Gasteiger partial charge < -0.3 is 24.7 Å². The minimum atomic E-state index is -1.17. The number of aryl methyl sites for hydroxylation is 1. The highest BCUT2D eigenvalue weighted by molar-refractivity contribution is 6.06. The van der Waals surface area contributed by atoms with Crippen LogP contribution in [0, 0.1) is 38.9 Å². The molecule has 57 heavy (non-hydrogen) atoms. The Balaban J connectivity index is 0.000000178. The van der Waals surface area contributed by atoms with Gasteiger partial charge in [0.15, 0.2) is 11.5 Å². The maximum atomic E-state index is 14.3. The summed E-state index contributed by atoms with van der Waals surface area (Å²) >= 11 is 0. The van der Waals surface area contributed by atoms with Crippen molar-refractivity contribution in [1.82, 2.24) is 0 Å². The Morgan fingerprint density at radius 3 is 2.37 bits per heavy atom. The number of ketones is 2. The van der Waals surface area contributed by atoms with Gasteiger partial charge >= 0.3 is 5.97 Å². The number of hydrogen-bond acceptors (Lipinski definition) is 8. The number of ether oxygens (including phenoxy) is 2. The molecular formula is C48H61NO8. The first kappa shape index (κ1) is 39.8. The minimum absolute atomic E-state index is 0.0453. The van der Waals surface area contributed by atoms with Gasteiger partial charge in [0.2, 0.25) is 11.7 Å². The van der Waals surface area contributed by atoms with Crippen LogP contribution in [-0.4, -0.2) is 46.4 Å². The van der Waals surface area contributed by atoms with Gasteiger partial charge in [0.05, 0.1) is 29.5 Å². The summed E-state index contributed by atoms with van der Waals surface area (Å²) in [5.74, 6) is -0.996. The van der Waals surface area contributed by atoms with Crippen molar-refractivity contribution in [3.8, 4) is 0 Å². The zero-order valence-electron chi connectivity index (χ0n) is 35.4. The van der Waals surface area contributed by atoms with Gasteiger partial charge in [-0.2, -0.15) is 0 Å². The molecule has 1 aliphatic heterocycles. The lowest BCUT2D eigenvalue weighted by molar-refractivity contribution is -0.200. The largest absolute Gasteiger partial charge is 0.504 e. The number of primary amides is 1. The van der Waals surface area contributed by atoms with E-state index in [0.717, 1.165) is 31.2 Å². The van der Waals surface area contributed by atoms with Crippen LogP contribution >= 0.6 is 0 Å². The number of Topliss-reactive ketones (excluding diaryl/α,β-unsaturated/α-hetero) is 1. The Labute approximate surface area is 337 Å². The minimum Gasteiger partial charge on any atom is -0.504 e. The molecule has 11 atom stereocenters. The Morgan fingerprint density at radius 1 is 1.02 bits per heavy atom. The molecule has 1 amide bonds. The molecule has 2 heterocycles. The third-order valence-electron chi connectivity index (χ3n) is 17.0. The smallest absolute Gasteiger partial charge is 0.302 e. The van der Waals surface area contributed by atoms with Crippen LogP contribution in [0.2, 0.25) is 0 Å². The number of rotatable bonds is 4. The molecule has 3 N–H and O–H groups in total. The first-order valence-electron chi connectivity index (χ1n) is 21.1. The van der Waals surface area contributed by atoms with Gasteiger partial charge in [0.25, 0.3) is 0 Å². The first-order valence-corrected chi connectivity index (χ1v) is 21.1. The maximum Gasteiger partial charge on any atom is 0.302 e. The number of hydrogen-bond donors (Lipinski definition) is 2. The van der Waals surface area contributed by atoms with E-state index in [9.17, 15) is 24.3 Å². The fourth-order valence-electron chi connectivity index (χ4n) is 14.4. The highest BCUT2D eigenvalue weighted by atomic mass is 16.6. The Morgan fingerprint density at radius 2 is 1.74 bits per heavy atom. The van der Waals surface area contributed by atoms with E-state index in [0.29, 0.717) is 30.3 Å². The lowest BCUT2D eigenvalue weighted by atomic mass is 9.38. The maximum absolute atomic E-state index is 14.3. The highest BCUT2D eigenvalue weighted by Crippen LogP contribution is 2.81. The van der Waals surface area contributed by atoms with E-state index in [1.165, 1.54) is 30.0 Å². The number of epoxide rings is 1. The van der Waals surface area contributed by atoms with Crippen LogP contribution in [0.25, 0.3) is 0 Å². The molecule has 306 valence electrons. The molecule has 1 aromatic carbocycles. The average molecular weight is 780 g/mol. The van der Waals surface area contributed by atoms with Gasteiger partial charge in [-0.25, -0.2) is 0 Å². The standard InChI is InChI=1S/C28H32O7.C20H29NO/c1-14(29)34-17-12-26(5)16(15-8-10-33-13-15)11-19-28(26,35-19)27(6)21(17)25(4)9-7-18(30)24(2,3)22(25)20(31)23(27)32;1-13(2)14-6-8-16-15(12-14)7-9-17-19(16,3)10-5-11-20(17,4)18(21)22/h7-10,13,16-17,19,21,31H,11-12H2,1-6H3;6,8,12-13,17H,5,7,9-11H2,1-4H3,(H2,21,22). The van der Waals surface area contributed by atoms with Crippen molar-refractivity contribution in [2.45, 2.75) is 149 Å². The van der Waals surface area contributed by atoms with Gasteiger partial charge in [-0.15, -0.1) is 0 Å². The van der Waals surface area contributed by atoms with Gasteiger partial charge in [0.1, 0.15) is 11.7 Å². The quantitative estimate of drug-likeness (QED) is 0.231. The topological polar surface area (TPSA) is 149 Å². The van der Waals surface area contributed by atoms with Crippen LogP contribution in [-0.2, 0) is 40.5 Å². The Bertz CT molecular complexity index is 2130. The molecule has 4 fully saturated rings. The third-order valence-corrected chi connectivity index (χ3v) is 17.0. The monoisotopic (exact) mass is 779 g/mol. The van der Waals surface area contributed by atoms with Crippen molar-refractivity contribution in [3.05, 3.63) is 82.5 Å². The second kappa shape index (κ2) is 12.5. The van der Waals surface area contributed by atoms with Crippen LogP contribution in [0.15, 0.2) is 64.7 Å². The van der Waals surface area contributed by atoms with Crippen LogP contribution < -0.4 is 5.73 Å². The molecule has 2 aromatic rings. The number of amides is 1. The number of furan rings is 1. The summed E-state index contributed by atoms with van der Waals surface area (Å²) in [5.41, 5.74) is 6.91. The predicted octanol–water partition coefficient (Wildman–Crippen LogP) is 8.74. The second-order valence-electron chi connectivity index (χ2n) is 20.5. The van der Waals surface area contributed by atoms with Gasteiger partial charge in [-0.3, -0.25) is 19.2 Å². The second-order valence-corrected chi connectivity index (χ2v) is 20.5. The molecule has 6 aliphatic carbocycles. The van der Waals surface area contributed by atoms with Gasteiger partial charge in [-0.1, -0.05) is 72.2 Å². The van der Waals surface area contributed by atoms with E-state index in [2.05, 4.69) is 52.8 Å². The van der Waals surface area contributed by atoms with E-state index in [4.69, 9.17) is 19.6 Å². The molecule has 0 bridgehead atoms. The number of fused-ring (bicyclic) bond motifs is 6. The lowest BCUT2D eigenvalue weighted by Crippen LogP contribution is -2.70. The van der Waals surface area contributed by atoms with Crippen molar-refractivity contribution in [2.24, 2.45) is 44.6 Å². The number of aliphatic hydroxyl groups excluding tert-OH is 1. The van der Waals surface area contributed by atoms with Crippen molar-refractivity contribution in [3.63, 3.8) is 0 Å². The van der Waals surface area contributed by atoms with E-state index in [1.807, 2.05) is 19.9 Å². The molecule has 0 radical (unpaired) electrons. The van der Waals surface area contributed by atoms with Crippen LogP contribution in [0.5, 0.6) is 0 Å². The van der Waals surface area contributed by atoms with E-state index < -0.39 is 51.0 Å². The molecule has 11 unspecified atom stereocenters. The number of carbonyl (C=O) groups excluding carboxylic acids is 4. The van der Waals surface area contributed by atoms with Crippen molar-refractivity contribution in [1.29, 1.82) is 0 Å².